The Labute approximate surface area is 121 Å². The lowest BCUT2D eigenvalue weighted by atomic mass is 10.2. The van der Waals surface area contributed by atoms with Gasteiger partial charge in [-0.1, -0.05) is 28.1 Å². The second-order valence-electron chi connectivity index (χ2n) is 4.66. The second-order valence-corrected chi connectivity index (χ2v) is 5.57. The summed E-state index contributed by atoms with van der Waals surface area (Å²) in [6.07, 6.45) is 0. The van der Waals surface area contributed by atoms with Crippen LogP contribution in [-0.2, 0) is 20.2 Å². The molecule has 1 heterocycles. The zero-order valence-electron chi connectivity index (χ0n) is 11.4. The molecule has 102 valence electrons. The molecule has 0 saturated heterocycles. The first-order valence-electron chi connectivity index (χ1n) is 6.12. The second kappa shape index (κ2) is 5.75. The molecule has 4 nitrogen and oxygen atoms in total. The van der Waals surface area contributed by atoms with Gasteiger partial charge in [0.15, 0.2) is 0 Å². The van der Waals surface area contributed by atoms with E-state index < -0.39 is 0 Å². The van der Waals surface area contributed by atoms with Gasteiger partial charge in [-0.15, -0.1) is 0 Å². The van der Waals surface area contributed by atoms with E-state index in [4.69, 9.17) is 0 Å². The summed E-state index contributed by atoms with van der Waals surface area (Å²) >= 11 is 3.48. The Balaban J connectivity index is 2.27. The van der Waals surface area contributed by atoms with E-state index in [0.717, 1.165) is 28.1 Å². The normalized spacial score (nSPS) is 10.8. The third-order valence-corrected chi connectivity index (χ3v) is 3.63. The number of hydrogen-bond donors (Lipinski definition) is 1. The summed E-state index contributed by atoms with van der Waals surface area (Å²) in [7, 11) is 3.91. The highest BCUT2D eigenvalue weighted by molar-refractivity contribution is 9.10. The SMILES string of the molecule is Cc1nn(C)c(N(C)Cc2cccc(Br)c2)c1CO. The van der Waals surface area contributed by atoms with Crippen molar-refractivity contribution in [1.82, 2.24) is 9.78 Å². The minimum atomic E-state index is 0.0117. The molecule has 0 atom stereocenters. The molecule has 5 heteroatoms. The minimum Gasteiger partial charge on any atom is -0.391 e. The van der Waals surface area contributed by atoms with Crippen molar-refractivity contribution in [3.8, 4) is 0 Å². The van der Waals surface area contributed by atoms with E-state index in [1.165, 1.54) is 5.56 Å². The summed E-state index contributed by atoms with van der Waals surface area (Å²) in [6, 6.07) is 8.22. The number of anilines is 1. The van der Waals surface area contributed by atoms with Gasteiger partial charge in [0.2, 0.25) is 0 Å². The molecule has 0 fully saturated rings. The highest BCUT2D eigenvalue weighted by Gasteiger charge is 2.16. The smallest absolute Gasteiger partial charge is 0.132 e. The highest BCUT2D eigenvalue weighted by Crippen LogP contribution is 2.24. The molecule has 0 amide bonds. The number of aromatic nitrogens is 2. The maximum atomic E-state index is 9.48. The van der Waals surface area contributed by atoms with Crippen molar-refractivity contribution in [1.29, 1.82) is 0 Å². The molecule has 0 saturated carbocycles. The zero-order chi connectivity index (χ0) is 14.0. The Morgan fingerprint density at radius 1 is 1.42 bits per heavy atom. The van der Waals surface area contributed by atoms with E-state index in [-0.39, 0.29) is 6.61 Å². The number of nitrogens with zero attached hydrogens (tertiary/aromatic N) is 3. The largest absolute Gasteiger partial charge is 0.391 e. The highest BCUT2D eigenvalue weighted by atomic mass is 79.9. The van der Waals surface area contributed by atoms with Gasteiger partial charge in [-0.25, -0.2) is 0 Å². The molecule has 0 unspecified atom stereocenters. The number of halogens is 1. The Bertz CT molecular complexity index is 580. The first-order valence-corrected chi connectivity index (χ1v) is 6.91. The molecule has 0 bridgehead atoms. The van der Waals surface area contributed by atoms with Crippen LogP contribution in [0.4, 0.5) is 5.82 Å². The fourth-order valence-corrected chi connectivity index (χ4v) is 2.78. The quantitative estimate of drug-likeness (QED) is 0.940. The van der Waals surface area contributed by atoms with Crippen LogP contribution in [-0.4, -0.2) is 21.9 Å². The molecule has 1 aromatic carbocycles. The van der Waals surface area contributed by atoms with Crippen molar-refractivity contribution in [3.63, 3.8) is 0 Å². The molecular formula is C14H18BrN3O. The average Bonchev–Trinajstić information content (AvgIpc) is 2.63. The zero-order valence-corrected chi connectivity index (χ0v) is 13.0. The minimum absolute atomic E-state index is 0.0117. The van der Waals surface area contributed by atoms with E-state index in [0.29, 0.717) is 0 Å². The van der Waals surface area contributed by atoms with Gasteiger partial charge in [0, 0.05) is 30.7 Å². The molecular weight excluding hydrogens is 306 g/mol. The summed E-state index contributed by atoms with van der Waals surface area (Å²) in [5, 5.41) is 13.9. The summed E-state index contributed by atoms with van der Waals surface area (Å²) in [5.74, 6) is 0.958. The van der Waals surface area contributed by atoms with Crippen LogP contribution in [0.2, 0.25) is 0 Å². The monoisotopic (exact) mass is 323 g/mol. The Morgan fingerprint density at radius 3 is 2.79 bits per heavy atom. The molecule has 0 aliphatic carbocycles. The van der Waals surface area contributed by atoms with Crippen LogP contribution >= 0.6 is 15.9 Å². The van der Waals surface area contributed by atoms with Crippen LogP contribution in [0.15, 0.2) is 28.7 Å². The molecule has 1 N–H and O–H groups in total. The molecule has 1 aromatic heterocycles. The van der Waals surface area contributed by atoms with Gasteiger partial charge < -0.3 is 10.0 Å². The predicted octanol–water partition coefficient (Wildman–Crippen LogP) is 2.62. The van der Waals surface area contributed by atoms with Gasteiger partial charge in [-0.05, 0) is 24.6 Å². The molecule has 2 aromatic rings. The Morgan fingerprint density at radius 2 is 2.16 bits per heavy atom. The molecule has 2 rings (SSSR count). The van der Waals surface area contributed by atoms with Gasteiger partial charge in [0.25, 0.3) is 0 Å². The maximum Gasteiger partial charge on any atom is 0.132 e. The summed E-state index contributed by atoms with van der Waals surface area (Å²) in [6.45, 7) is 2.70. The standard InChI is InChI=1S/C14H18BrN3O/c1-10-13(9-19)14(18(3)16-10)17(2)8-11-5-4-6-12(15)7-11/h4-7,19H,8-9H2,1-3H3. The number of aliphatic hydroxyl groups excluding tert-OH is 1. The van der Waals surface area contributed by atoms with E-state index in [2.05, 4.69) is 38.1 Å². The van der Waals surface area contributed by atoms with Crippen molar-refractivity contribution in [2.75, 3.05) is 11.9 Å². The van der Waals surface area contributed by atoms with Crippen LogP contribution in [0, 0.1) is 6.92 Å². The van der Waals surface area contributed by atoms with Crippen LogP contribution in [0.3, 0.4) is 0 Å². The lowest BCUT2D eigenvalue weighted by Gasteiger charge is -2.21. The van der Waals surface area contributed by atoms with Gasteiger partial charge >= 0.3 is 0 Å². The van der Waals surface area contributed by atoms with Gasteiger partial charge in [0.05, 0.1) is 12.3 Å². The topological polar surface area (TPSA) is 41.3 Å². The Kier molecular flexibility index (Phi) is 4.27. The number of rotatable bonds is 4. The first-order chi connectivity index (χ1) is 9.02. The van der Waals surface area contributed by atoms with E-state index in [1.807, 2.05) is 37.8 Å². The molecule has 0 aliphatic heterocycles. The van der Waals surface area contributed by atoms with Crippen molar-refractivity contribution >= 4 is 21.7 Å². The lowest BCUT2D eigenvalue weighted by molar-refractivity contribution is 0.281. The van der Waals surface area contributed by atoms with Crippen LogP contribution in [0.25, 0.3) is 0 Å². The first kappa shape index (κ1) is 14.1. The number of benzene rings is 1. The third kappa shape index (κ3) is 2.98. The van der Waals surface area contributed by atoms with Crippen LogP contribution < -0.4 is 4.90 Å². The van der Waals surface area contributed by atoms with Gasteiger partial charge in [-0.2, -0.15) is 5.10 Å². The lowest BCUT2D eigenvalue weighted by Crippen LogP contribution is -2.20. The van der Waals surface area contributed by atoms with E-state index >= 15 is 0 Å². The van der Waals surface area contributed by atoms with E-state index in [9.17, 15) is 5.11 Å². The predicted molar refractivity (Wildman–Crippen MR) is 80.1 cm³/mol. The van der Waals surface area contributed by atoms with Gasteiger partial charge in [0.1, 0.15) is 5.82 Å². The summed E-state index contributed by atoms with van der Waals surface area (Å²) in [4.78, 5) is 2.10. The van der Waals surface area contributed by atoms with Gasteiger partial charge in [-0.3, -0.25) is 4.68 Å². The molecule has 0 spiro atoms. The molecule has 19 heavy (non-hydrogen) atoms. The summed E-state index contributed by atoms with van der Waals surface area (Å²) in [5.41, 5.74) is 2.97. The fraction of sp³-hybridized carbons (Fsp3) is 0.357. The summed E-state index contributed by atoms with van der Waals surface area (Å²) < 4.78 is 2.89. The molecule has 0 radical (unpaired) electrons. The van der Waals surface area contributed by atoms with Crippen molar-refractivity contribution in [2.45, 2.75) is 20.1 Å². The number of aryl methyl sites for hydroxylation is 2. The van der Waals surface area contributed by atoms with Crippen molar-refractivity contribution in [3.05, 3.63) is 45.6 Å². The van der Waals surface area contributed by atoms with E-state index in [1.54, 1.807) is 0 Å². The molecule has 0 aliphatic rings. The van der Waals surface area contributed by atoms with Crippen LogP contribution in [0.1, 0.15) is 16.8 Å². The third-order valence-electron chi connectivity index (χ3n) is 3.14. The number of hydrogen-bond acceptors (Lipinski definition) is 3. The van der Waals surface area contributed by atoms with Crippen LogP contribution in [0.5, 0.6) is 0 Å². The maximum absolute atomic E-state index is 9.48. The van der Waals surface area contributed by atoms with Crippen molar-refractivity contribution in [2.24, 2.45) is 7.05 Å². The van der Waals surface area contributed by atoms with Crippen molar-refractivity contribution < 1.29 is 5.11 Å². The number of aliphatic hydroxyl groups is 1. The Hall–Kier alpha value is -1.33. The average molecular weight is 324 g/mol. The fourth-order valence-electron chi connectivity index (χ4n) is 2.34.